The molecule has 0 aromatic heterocycles. The van der Waals surface area contributed by atoms with Crippen LogP contribution in [0.15, 0.2) is 0 Å². The van der Waals surface area contributed by atoms with Crippen LogP contribution in [0.4, 0.5) is 4.39 Å². The molecule has 0 radical (unpaired) electrons. The van der Waals surface area contributed by atoms with E-state index in [2.05, 4.69) is 5.73 Å². The van der Waals surface area contributed by atoms with E-state index in [9.17, 15) is 9.18 Å². The smallest absolute Gasteiger partial charge is 0.307 e. The fourth-order valence-corrected chi connectivity index (χ4v) is 0.419. The zero-order valence-electron chi connectivity index (χ0n) is 4.38. The lowest BCUT2D eigenvalue weighted by molar-refractivity contribution is -0.124. The fourth-order valence-electron chi connectivity index (χ4n) is 0.140. The van der Waals surface area contributed by atoms with Crippen LogP contribution in [0.1, 0.15) is 0 Å². The molecule has 1 amide bonds. The van der Waals surface area contributed by atoms with Crippen molar-refractivity contribution in [1.82, 2.24) is 0 Å². The first-order valence-electron chi connectivity index (χ1n) is 1.94. The van der Waals surface area contributed by atoms with Gasteiger partial charge in [0.1, 0.15) is 0 Å². The van der Waals surface area contributed by atoms with Crippen molar-refractivity contribution in [1.29, 1.82) is 0 Å². The Morgan fingerprint density at radius 1 is 1.30 bits per heavy atom. The maximum Gasteiger partial charge on any atom is 0.307 e. The molecule has 1 unspecified atom stereocenters. The molecular weight excluding hydrogens is 227 g/mol. The summed E-state index contributed by atoms with van der Waals surface area (Å²) in [5.41, 5.74) is 4.46. The number of halogens is 5. The minimum absolute atomic E-state index is 1.53. The highest BCUT2D eigenvalue weighted by Gasteiger charge is 2.53. The Balaban J connectivity index is 4.57. The molecular formula is C3H2Cl4FNO. The van der Waals surface area contributed by atoms with Crippen LogP contribution in [0.25, 0.3) is 0 Å². The minimum atomic E-state index is -3.16. The summed E-state index contributed by atoms with van der Waals surface area (Å²) in [6, 6.07) is 0. The van der Waals surface area contributed by atoms with Gasteiger partial charge in [-0.15, -0.1) is 0 Å². The lowest BCUT2D eigenvalue weighted by Crippen LogP contribution is -2.45. The molecule has 0 spiro atoms. The molecule has 0 aliphatic rings. The zero-order valence-corrected chi connectivity index (χ0v) is 7.40. The third-order valence-corrected chi connectivity index (χ3v) is 2.21. The minimum Gasteiger partial charge on any atom is -0.366 e. The monoisotopic (exact) mass is 227 g/mol. The summed E-state index contributed by atoms with van der Waals surface area (Å²) >= 11 is 19.6. The molecule has 0 aliphatic carbocycles. The molecule has 0 saturated carbocycles. The van der Waals surface area contributed by atoms with Gasteiger partial charge in [-0.05, 0) is 0 Å². The SMILES string of the molecule is NC(=O)C(F)(Cl)C(Cl)(Cl)Cl. The molecule has 0 bridgehead atoms. The molecule has 60 valence electrons. The van der Waals surface area contributed by atoms with E-state index >= 15 is 0 Å². The molecule has 2 N–H and O–H groups in total. The van der Waals surface area contributed by atoms with Gasteiger partial charge in [0.05, 0.1) is 0 Å². The van der Waals surface area contributed by atoms with Crippen LogP contribution >= 0.6 is 46.4 Å². The van der Waals surface area contributed by atoms with Gasteiger partial charge >= 0.3 is 5.13 Å². The van der Waals surface area contributed by atoms with E-state index in [4.69, 9.17) is 46.4 Å². The largest absolute Gasteiger partial charge is 0.366 e. The Labute approximate surface area is 76.3 Å². The van der Waals surface area contributed by atoms with Gasteiger partial charge in [-0.1, -0.05) is 46.4 Å². The standard InChI is InChI=1S/C3H2Cl4FNO/c4-2(8,1(9)10)3(5,6)7/h(H2,9,10). The van der Waals surface area contributed by atoms with Crippen molar-refractivity contribution in [2.45, 2.75) is 8.92 Å². The van der Waals surface area contributed by atoms with Gasteiger partial charge in [0, 0.05) is 0 Å². The summed E-state index contributed by atoms with van der Waals surface area (Å²) in [7, 11) is 0. The Hall–Kier alpha value is 0.560. The van der Waals surface area contributed by atoms with E-state index in [0.29, 0.717) is 0 Å². The molecule has 0 heterocycles. The molecule has 1 atom stereocenters. The Bertz CT molecular complexity index is 153. The van der Waals surface area contributed by atoms with Gasteiger partial charge in [0.25, 0.3) is 5.91 Å². The third-order valence-electron chi connectivity index (χ3n) is 0.665. The number of rotatable bonds is 1. The van der Waals surface area contributed by atoms with Crippen molar-refractivity contribution in [3.8, 4) is 0 Å². The molecule has 2 nitrogen and oxygen atoms in total. The van der Waals surface area contributed by atoms with Crippen LogP contribution in [0.3, 0.4) is 0 Å². The maximum absolute atomic E-state index is 12.6. The Morgan fingerprint density at radius 3 is 1.60 bits per heavy atom. The first-order chi connectivity index (χ1) is 4.19. The summed E-state index contributed by atoms with van der Waals surface area (Å²) < 4.78 is 10.1. The predicted octanol–water partition coefficient (Wildman–Crippen LogP) is 1.75. The van der Waals surface area contributed by atoms with Crippen molar-refractivity contribution in [3.63, 3.8) is 0 Å². The first-order valence-corrected chi connectivity index (χ1v) is 3.45. The fraction of sp³-hybridized carbons (Fsp3) is 0.667. The predicted molar refractivity (Wildman–Crippen MR) is 39.2 cm³/mol. The summed E-state index contributed by atoms with van der Waals surface area (Å²) in [5, 5.41) is -3.16. The summed E-state index contributed by atoms with van der Waals surface area (Å²) in [4.78, 5) is 10.1. The van der Waals surface area contributed by atoms with E-state index in [0.717, 1.165) is 0 Å². The van der Waals surface area contributed by atoms with E-state index in [1.165, 1.54) is 0 Å². The number of carbonyl (C=O) groups excluding carboxylic acids is 1. The van der Waals surface area contributed by atoms with Gasteiger partial charge in [-0.25, -0.2) is 4.39 Å². The van der Waals surface area contributed by atoms with Crippen LogP contribution in [-0.4, -0.2) is 14.8 Å². The van der Waals surface area contributed by atoms with Crippen LogP contribution in [-0.2, 0) is 4.79 Å². The van der Waals surface area contributed by atoms with Crippen molar-refractivity contribution >= 4 is 52.3 Å². The molecule has 0 aromatic carbocycles. The van der Waals surface area contributed by atoms with Crippen LogP contribution < -0.4 is 5.73 Å². The van der Waals surface area contributed by atoms with Crippen molar-refractivity contribution in [2.75, 3.05) is 0 Å². The topological polar surface area (TPSA) is 43.1 Å². The number of nitrogens with two attached hydrogens (primary N) is 1. The normalized spacial score (nSPS) is 18.1. The Kier molecular flexibility index (Phi) is 3.06. The second-order valence-electron chi connectivity index (χ2n) is 1.44. The highest BCUT2D eigenvalue weighted by atomic mass is 35.6. The lowest BCUT2D eigenvalue weighted by Gasteiger charge is -2.21. The Morgan fingerprint density at radius 2 is 1.60 bits per heavy atom. The highest BCUT2D eigenvalue weighted by Crippen LogP contribution is 2.43. The van der Waals surface area contributed by atoms with E-state index < -0.39 is 14.8 Å². The van der Waals surface area contributed by atoms with Crippen LogP contribution in [0.2, 0.25) is 0 Å². The van der Waals surface area contributed by atoms with Gasteiger partial charge < -0.3 is 5.73 Å². The summed E-state index contributed by atoms with van der Waals surface area (Å²) in [6.07, 6.45) is 0. The molecule has 0 saturated heterocycles. The van der Waals surface area contributed by atoms with Crippen molar-refractivity contribution in [3.05, 3.63) is 0 Å². The highest BCUT2D eigenvalue weighted by molar-refractivity contribution is 6.72. The molecule has 0 aliphatic heterocycles. The first kappa shape index (κ1) is 10.6. The quantitative estimate of drug-likeness (QED) is 0.683. The zero-order chi connectivity index (χ0) is 8.58. The molecule has 0 rings (SSSR count). The summed E-state index contributed by atoms with van der Waals surface area (Å²) in [6.45, 7) is 0. The maximum atomic E-state index is 12.6. The van der Waals surface area contributed by atoms with Crippen molar-refractivity contribution in [2.24, 2.45) is 5.73 Å². The van der Waals surface area contributed by atoms with E-state index in [1.807, 2.05) is 0 Å². The number of primary amides is 1. The number of alkyl halides is 5. The molecule has 0 aromatic rings. The van der Waals surface area contributed by atoms with Gasteiger partial charge in [-0.2, -0.15) is 0 Å². The third kappa shape index (κ3) is 2.02. The average Bonchev–Trinajstić information content (AvgIpc) is 1.62. The number of carbonyl (C=O) groups is 1. The second-order valence-corrected chi connectivity index (χ2v) is 4.24. The number of hydrogen-bond acceptors (Lipinski definition) is 1. The number of amides is 1. The van der Waals surface area contributed by atoms with E-state index in [1.54, 1.807) is 0 Å². The summed E-state index contributed by atoms with van der Waals surface area (Å²) in [5.74, 6) is -1.53. The van der Waals surface area contributed by atoms with Crippen LogP contribution in [0.5, 0.6) is 0 Å². The second kappa shape index (κ2) is 2.89. The molecule has 10 heavy (non-hydrogen) atoms. The lowest BCUT2D eigenvalue weighted by atomic mass is 10.4. The van der Waals surface area contributed by atoms with E-state index in [-0.39, 0.29) is 0 Å². The average molecular weight is 229 g/mol. The van der Waals surface area contributed by atoms with Crippen molar-refractivity contribution < 1.29 is 9.18 Å². The van der Waals surface area contributed by atoms with Gasteiger partial charge in [0.15, 0.2) is 0 Å². The molecule has 7 heteroatoms. The number of hydrogen-bond donors (Lipinski definition) is 1. The van der Waals surface area contributed by atoms with Gasteiger partial charge in [-0.3, -0.25) is 4.79 Å². The van der Waals surface area contributed by atoms with Crippen LogP contribution in [0, 0.1) is 0 Å². The molecule has 0 fully saturated rings. The van der Waals surface area contributed by atoms with Gasteiger partial charge in [0.2, 0.25) is 3.79 Å².